The van der Waals surface area contributed by atoms with Crippen LogP contribution in [0.15, 0.2) is 9.59 Å². The number of anilines is 2. The van der Waals surface area contributed by atoms with E-state index in [0.717, 1.165) is 11.0 Å². The van der Waals surface area contributed by atoms with Crippen LogP contribution in [0, 0.1) is 0 Å². The van der Waals surface area contributed by atoms with Crippen molar-refractivity contribution in [3.8, 4) is 0 Å². The molecule has 1 aliphatic rings. The normalized spacial score (nSPS) is 19.0. The largest absolute Gasteiger partial charge is 0.394 e. The monoisotopic (exact) mass is 298 g/mol. The minimum Gasteiger partial charge on any atom is -0.394 e. The summed E-state index contributed by atoms with van der Waals surface area (Å²) in [4.78, 5) is 26.3. The molecule has 118 valence electrons. The number of hydrogen-bond donors (Lipinski definition) is 2. The lowest BCUT2D eigenvalue weighted by Crippen LogP contribution is -2.49. The Bertz CT molecular complexity index is 622. The minimum absolute atomic E-state index is 0.120. The van der Waals surface area contributed by atoms with Gasteiger partial charge in [0.2, 0.25) is 0 Å². The molecule has 0 radical (unpaired) electrons. The highest BCUT2D eigenvalue weighted by Gasteiger charge is 2.26. The predicted molar refractivity (Wildman–Crippen MR) is 79.7 cm³/mol. The Morgan fingerprint density at radius 3 is 2.76 bits per heavy atom. The summed E-state index contributed by atoms with van der Waals surface area (Å²) in [7, 11) is 1.45. The van der Waals surface area contributed by atoms with Crippen LogP contribution in [0.4, 0.5) is 11.5 Å². The van der Waals surface area contributed by atoms with Gasteiger partial charge in [-0.25, -0.2) is 4.79 Å². The van der Waals surface area contributed by atoms with Crippen LogP contribution in [-0.4, -0.2) is 46.6 Å². The molecule has 21 heavy (non-hydrogen) atoms. The molecule has 1 aromatic rings. The number of aliphatic hydroxyl groups excluding tert-OH is 1. The first-order valence-corrected chi connectivity index (χ1v) is 7.08. The van der Waals surface area contributed by atoms with E-state index in [-0.39, 0.29) is 18.5 Å². The number of nitrogen functional groups attached to an aromatic ring is 1. The Hall–Kier alpha value is -1.80. The fourth-order valence-corrected chi connectivity index (χ4v) is 2.54. The summed E-state index contributed by atoms with van der Waals surface area (Å²) < 4.78 is 7.87. The first-order valence-electron chi connectivity index (χ1n) is 7.08. The topological polar surface area (TPSA) is 103 Å². The van der Waals surface area contributed by atoms with Crippen molar-refractivity contribution in [2.45, 2.75) is 26.0 Å². The van der Waals surface area contributed by atoms with Crippen LogP contribution in [0.2, 0.25) is 0 Å². The molecule has 1 unspecified atom stereocenters. The summed E-state index contributed by atoms with van der Waals surface area (Å²) in [5.41, 5.74) is 5.55. The van der Waals surface area contributed by atoms with Gasteiger partial charge in [-0.15, -0.1) is 0 Å². The fourth-order valence-electron chi connectivity index (χ4n) is 2.54. The summed E-state index contributed by atoms with van der Waals surface area (Å²) in [5, 5.41) is 9.21. The van der Waals surface area contributed by atoms with Crippen LogP contribution in [0.1, 0.15) is 13.3 Å². The predicted octanol–water partition coefficient (Wildman–Crippen LogP) is -1.26. The van der Waals surface area contributed by atoms with Crippen LogP contribution in [0.5, 0.6) is 0 Å². The third-order valence-electron chi connectivity index (χ3n) is 3.66. The lowest BCUT2D eigenvalue weighted by Gasteiger charge is -2.34. The van der Waals surface area contributed by atoms with Crippen molar-refractivity contribution in [2.75, 3.05) is 36.9 Å². The first-order chi connectivity index (χ1) is 10.0. The van der Waals surface area contributed by atoms with Crippen molar-refractivity contribution < 1.29 is 9.84 Å². The Labute approximate surface area is 122 Å². The second-order valence-electron chi connectivity index (χ2n) is 5.15. The van der Waals surface area contributed by atoms with Gasteiger partial charge in [0.1, 0.15) is 11.5 Å². The van der Waals surface area contributed by atoms with Gasteiger partial charge in [0.05, 0.1) is 19.3 Å². The van der Waals surface area contributed by atoms with E-state index in [2.05, 4.69) is 0 Å². The quantitative estimate of drug-likeness (QED) is 0.719. The molecule has 0 saturated carbocycles. The van der Waals surface area contributed by atoms with Crippen LogP contribution >= 0.6 is 0 Å². The van der Waals surface area contributed by atoms with Crippen molar-refractivity contribution in [1.82, 2.24) is 9.13 Å². The van der Waals surface area contributed by atoms with Gasteiger partial charge in [-0.3, -0.25) is 13.9 Å². The Morgan fingerprint density at radius 1 is 1.43 bits per heavy atom. The first kappa shape index (κ1) is 15.6. The number of nitrogens with two attached hydrogens (primary N) is 1. The van der Waals surface area contributed by atoms with Crippen molar-refractivity contribution in [1.29, 1.82) is 0 Å². The minimum atomic E-state index is -0.413. The molecule has 2 rings (SSSR count). The molecule has 0 amide bonds. The molecule has 3 N–H and O–H groups in total. The third-order valence-corrected chi connectivity index (χ3v) is 3.66. The number of aromatic nitrogens is 2. The van der Waals surface area contributed by atoms with E-state index in [1.54, 1.807) is 4.90 Å². The van der Waals surface area contributed by atoms with Gasteiger partial charge >= 0.3 is 5.69 Å². The third kappa shape index (κ3) is 2.81. The molecule has 1 aliphatic heterocycles. The summed E-state index contributed by atoms with van der Waals surface area (Å²) in [6.45, 7) is 3.55. The fraction of sp³-hybridized carbons (Fsp3) is 0.692. The van der Waals surface area contributed by atoms with Gasteiger partial charge in [0, 0.05) is 26.7 Å². The molecule has 0 spiro atoms. The van der Waals surface area contributed by atoms with Gasteiger partial charge in [0.15, 0.2) is 0 Å². The highest BCUT2D eigenvalue weighted by atomic mass is 16.5. The molecule has 1 aromatic heterocycles. The highest BCUT2D eigenvalue weighted by Crippen LogP contribution is 2.19. The number of hydrogen-bond acceptors (Lipinski definition) is 6. The maximum atomic E-state index is 12.4. The van der Waals surface area contributed by atoms with Crippen molar-refractivity contribution in [2.24, 2.45) is 7.05 Å². The summed E-state index contributed by atoms with van der Waals surface area (Å²) in [6, 6.07) is 0. The molecule has 1 saturated heterocycles. The summed E-state index contributed by atoms with van der Waals surface area (Å²) in [5.74, 6) is 0.184. The van der Waals surface area contributed by atoms with Gasteiger partial charge in [-0.1, -0.05) is 6.92 Å². The lowest BCUT2D eigenvalue weighted by molar-refractivity contribution is 0.00349. The van der Waals surface area contributed by atoms with Crippen LogP contribution in [-0.2, 0) is 18.3 Å². The SMILES string of the molecule is CCCn1c(N)c(N2CCOC(CO)C2)c(=O)n(C)c1=O. The molecule has 1 atom stereocenters. The van der Waals surface area contributed by atoms with E-state index in [1.165, 1.54) is 11.6 Å². The Balaban J connectivity index is 2.52. The second kappa shape index (κ2) is 6.31. The molecule has 2 heterocycles. The number of morpholine rings is 1. The molecular weight excluding hydrogens is 276 g/mol. The zero-order valence-electron chi connectivity index (χ0n) is 12.4. The number of aliphatic hydroxyl groups is 1. The molecular formula is C13H22N4O4. The average molecular weight is 298 g/mol. The van der Waals surface area contributed by atoms with E-state index in [0.29, 0.717) is 31.9 Å². The number of rotatable bonds is 4. The molecule has 0 aliphatic carbocycles. The standard InChI is InChI=1S/C13H22N4O4/c1-3-4-17-11(14)10(12(19)15(2)13(17)20)16-5-6-21-9(7-16)8-18/h9,18H,3-8,14H2,1-2H3. The van der Waals surface area contributed by atoms with Gasteiger partial charge in [-0.2, -0.15) is 0 Å². The van der Waals surface area contributed by atoms with E-state index >= 15 is 0 Å². The molecule has 0 aromatic carbocycles. The van der Waals surface area contributed by atoms with Gasteiger partial charge in [-0.05, 0) is 6.42 Å². The van der Waals surface area contributed by atoms with Crippen LogP contribution < -0.4 is 21.9 Å². The van der Waals surface area contributed by atoms with E-state index in [9.17, 15) is 14.7 Å². The number of nitrogens with zero attached hydrogens (tertiary/aromatic N) is 3. The Morgan fingerprint density at radius 2 is 2.14 bits per heavy atom. The second-order valence-corrected chi connectivity index (χ2v) is 5.15. The zero-order valence-corrected chi connectivity index (χ0v) is 12.4. The molecule has 1 fully saturated rings. The molecule has 8 heteroatoms. The van der Waals surface area contributed by atoms with Crippen LogP contribution in [0.3, 0.4) is 0 Å². The smallest absolute Gasteiger partial charge is 0.332 e. The average Bonchev–Trinajstić information content (AvgIpc) is 2.50. The van der Waals surface area contributed by atoms with Crippen LogP contribution in [0.25, 0.3) is 0 Å². The van der Waals surface area contributed by atoms with Crippen molar-refractivity contribution in [3.63, 3.8) is 0 Å². The Kier molecular flexibility index (Phi) is 4.69. The number of ether oxygens (including phenoxy) is 1. The van der Waals surface area contributed by atoms with Gasteiger partial charge < -0.3 is 20.5 Å². The molecule has 8 nitrogen and oxygen atoms in total. The maximum absolute atomic E-state index is 12.4. The zero-order chi connectivity index (χ0) is 15.6. The maximum Gasteiger partial charge on any atom is 0.332 e. The van der Waals surface area contributed by atoms with Crippen molar-refractivity contribution in [3.05, 3.63) is 20.8 Å². The summed E-state index contributed by atoms with van der Waals surface area (Å²) in [6.07, 6.45) is 0.388. The van der Waals surface area contributed by atoms with Crippen molar-refractivity contribution >= 4 is 11.5 Å². The summed E-state index contributed by atoms with van der Waals surface area (Å²) >= 11 is 0. The van der Waals surface area contributed by atoms with E-state index in [4.69, 9.17) is 10.5 Å². The van der Waals surface area contributed by atoms with Gasteiger partial charge in [0.25, 0.3) is 5.56 Å². The molecule has 0 bridgehead atoms. The lowest BCUT2D eigenvalue weighted by atomic mass is 10.2. The van der Waals surface area contributed by atoms with E-state index < -0.39 is 11.2 Å². The highest BCUT2D eigenvalue weighted by molar-refractivity contribution is 5.62. The van der Waals surface area contributed by atoms with E-state index in [1.807, 2.05) is 6.92 Å².